The SMILES string of the molecule is O=C(CCCCCBr)OC1CCC=CCCC1. The van der Waals surface area contributed by atoms with Gasteiger partial charge >= 0.3 is 5.97 Å². The Morgan fingerprint density at radius 3 is 2.82 bits per heavy atom. The lowest BCUT2D eigenvalue weighted by Crippen LogP contribution is -2.18. The lowest BCUT2D eigenvalue weighted by atomic mass is 10.0. The van der Waals surface area contributed by atoms with E-state index in [4.69, 9.17) is 4.74 Å². The number of hydrogen-bond donors (Lipinski definition) is 0. The fourth-order valence-electron chi connectivity index (χ4n) is 2.03. The molecule has 0 saturated carbocycles. The van der Waals surface area contributed by atoms with E-state index in [2.05, 4.69) is 28.1 Å². The Bertz CT molecular complexity index is 238. The molecule has 3 heteroatoms. The van der Waals surface area contributed by atoms with Crippen LogP contribution in [0.3, 0.4) is 0 Å². The molecule has 0 aromatic heterocycles. The number of carbonyl (C=O) groups excluding carboxylic acids is 1. The normalized spacial score (nSPS) is 20.6. The molecule has 0 fully saturated rings. The van der Waals surface area contributed by atoms with E-state index in [-0.39, 0.29) is 12.1 Å². The summed E-state index contributed by atoms with van der Waals surface area (Å²) in [6, 6.07) is 0. The van der Waals surface area contributed by atoms with Crippen LogP contribution in [-0.2, 0) is 9.53 Å². The molecule has 2 nitrogen and oxygen atoms in total. The van der Waals surface area contributed by atoms with Gasteiger partial charge in [0.25, 0.3) is 0 Å². The molecule has 0 saturated heterocycles. The van der Waals surface area contributed by atoms with Gasteiger partial charge in [-0.3, -0.25) is 4.79 Å². The molecule has 0 bridgehead atoms. The van der Waals surface area contributed by atoms with Crippen molar-refractivity contribution >= 4 is 21.9 Å². The lowest BCUT2D eigenvalue weighted by Gasteiger charge is -2.18. The standard InChI is InChI=1S/C14H23BrO2/c15-12-8-4-7-11-14(16)17-13-9-5-2-1-3-6-10-13/h1-2,13H,3-12H2. The minimum Gasteiger partial charge on any atom is -0.462 e. The van der Waals surface area contributed by atoms with Crippen molar-refractivity contribution in [2.24, 2.45) is 0 Å². The van der Waals surface area contributed by atoms with Gasteiger partial charge in [-0.2, -0.15) is 0 Å². The molecule has 0 radical (unpaired) electrons. The quantitative estimate of drug-likeness (QED) is 0.315. The highest BCUT2D eigenvalue weighted by Crippen LogP contribution is 2.16. The number of halogens is 1. The summed E-state index contributed by atoms with van der Waals surface area (Å²) in [6.07, 6.45) is 13.7. The molecule has 0 N–H and O–H groups in total. The van der Waals surface area contributed by atoms with Crippen molar-refractivity contribution in [3.05, 3.63) is 12.2 Å². The zero-order valence-corrected chi connectivity index (χ0v) is 12.1. The van der Waals surface area contributed by atoms with Gasteiger partial charge in [0.15, 0.2) is 0 Å². The van der Waals surface area contributed by atoms with Crippen LogP contribution in [0.4, 0.5) is 0 Å². The summed E-state index contributed by atoms with van der Waals surface area (Å²) in [5.74, 6) is -0.00544. The number of esters is 1. The molecular weight excluding hydrogens is 280 g/mol. The highest BCUT2D eigenvalue weighted by atomic mass is 79.9. The molecule has 0 amide bonds. The van der Waals surface area contributed by atoms with Gasteiger partial charge in [-0.25, -0.2) is 0 Å². The number of unbranched alkanes of at least 4 members (excludes halogenated alkanes) is 2. The fourth-order valence-corrected chi connectivity index (χ4v) is 2.43. The summed E-state index contributed by atoms with van der Waals surface area (Å²) in [5, 5.41) is 1.02. The summed E-state index contributed by atoms with van der Waals surface area (Å²) >= 11 is 3.39. The summed E-state index contributed by atoms with van der Waals surface area (Å²) in [5.41, 5.74) is 0. The molecule has 0 aromatic carbocycles. The zero-order chi connectivity index (χ0) is 12.3. The molecule has 1 rings (SSSR count). The maximum Gasteiger partial charge on any atom is 0.306 e. The Kier molecular flexibility index (Phi) is 8.41. The highest BCUT2D eigenvalue weighted by Gasteiger charge is 2.14. The van der Waals surface area contributed by atoms with Gasteiger partial charge in [-0.05, 0) is 44.9 Å². The molecule has 0 heterocycles. The molecular formula is C14H23BrO2. The average molecular weight is 303 g/mol. The van der Waals surface area contributed by atoms with Crippen LogP contribution in [0.2, 0.25) is 0 Å². The van der Waals surface area contributed by atoms with Gasteiger partial charge in [-0.1, -0.05) is 34.5 Å². The predicted molar refractivity (Wildman–Crippen MR) is 74.4 cm³/mol. The number of allylic oxidation sites excluding steroid dienone is 2. The van der Waals surface area contributed by atoms with Gasteiger partial charge in [0, 0.05) is 11.8 Å². The van der Waals surface area contributed by atoms with E-state index < -0.39 is 0 Å². The molecule has 1 unspecified atom stereocenters. The molecule has 1 aliphatic carbocycles. The second-order valence-electron chi connectivity index (χ2n) is 4.59. The molecule has 0 aromatic rings. The third-order valence-corrected chi connectivity index (χ3v) is 3.59. The first-order chi connectivity index (χ1) is 8.33. The van der Waals surface area contributed by atoms with E-state index in [1.165, 1.54) is 0 Å². The van der Waals surface area contributed by atoms with Crippen LogP contribution in [0.25, 0.3) is 0 Å². The molecule has 1 atom stereocenters. The van der Waals surface area contributed by atoms with E-state index in [9.17, 15) is 4.79 Å². The van der Waals surface area contributed by atoms with Crippen molar-refractivity contribution in [1.82, 2.24) is 0 Å². The first-order valence-electron chi connectivity index (χ1n) is 6.73. The summed E-state index contributed by atoms with van der Waals surface area (Å²) < 4.78 is 5.52. The third-order valence-electron chi connectivity index (χ3n) is 3.03. The van der Waals surface area contributed by atoms with Crippen LogP contribution in [0.15, 0.2) is 12.2 Å². The summed E-state index contributed by atoms with van der Waals surface area (Å²) in [4.78, 5) is 11.6. The van der Waals surface area contributed by atoms with E-state index in [1.807, 2.05) is 0 Å². The van der Waals surface area contributed by atoms with Crippen molar-refractivity contribution in [1.29, 1.82) is 0 Å². The van der Waals surface area contributed by atoms with Crippen molar-refractivity contribution < 1.29 is 9.53 Å². The minimum absolute atomic E-state index is 0.00544. The zero-order valence-electron chi connectivity index (χ0n) is 10.5. The van der Waals surface area contributed by atoms with Gasteiger partial charge in [0.1, 0.15) is 6.10 Å². The monoisotopic (exact) mass is 302 g/mol. The Morgan fingerprint density at radius 2 is 2.00 bits per heavy atom. The second kappa shape index (κ2) is 9.69. The third kappa shape index (κ3) is 7.58. The van der Waals surface area contributed by atoms with E-state index in [0.29, 0.717) is 6.42 Å². The Morgan fingerprint density at radius 1 is 1.18 bits per heavy atom. The predicted octanol–water partition coefficient (Wildman–Crippen LogP) is 4.37. The second-order valence-corrected chi connectivity index (χ2v) is 5.38. The smallest absolute Gasteiger partial charge is 0.306 e. The van der Waals surface area contributed by atoms with Crippen LogP contribution in [-0.4, -0.2) is 17.4 Å². The summed E-state index contributed by atoms with van der Waals surface area (Å²) in [6.45, 7) is 0. The minimum atomic E-state index is -0.00544. The van der Waals surface area contributed by atoms with Crippen LogP contribution >= 0.6 is 15.9 Å². The topological polar surface area (TPSA) is 26.3 Å². The first-order valence-corrected chi connectivity index (χ1v) is 7.85. The molecule has 98 valence electrons. The Labute approximate surface area is 113 Å². The first kappa shape index (κ1) is 14.7. The van der Waals surface area contributed by atoms with E-state index >= 15 is 0 Å². The van der Waals surface area contributed by atoms with Crippen LogP contribution < -0.4 is 0 Å². The lowest BCUT2D eigenvalue weighted by molar-refractivity contribution is -0.149. The molecule has 1 aliphatic rings. The molecule has 0 spiro atoms. The summed E-state index contributed by atoms with van der Waals surface area (Å²) in [7, 11) is 0. The highest BCUT2D eigenvalue weighted by molar-refractivity contribution is 9.09. The largest absolute Gasteiger partial charge is 0.462 e. The van der Waals surface area contributed by atoms with Crippen molar-refractivity contribution in [2.75, 3.05) is 5.33 Å². The van der Waals surface area contributed by atoms with Crippen molar-refractivity contribution in [2.45, 2.75) is 63.9 Å². The van der Waals surface area contributed by atoms with Crippen molar-refractivity contribution in [3.8, 4) is 0 Å². The molecule has 0 aliphatic heterocycles. The van der Waals surface area contributed by atoms with Gasteiger partial charge in [-0.15, -0.1) is 0 Å². The maximum atomic E-state index is 11.6. The number of rotatable bonds is 6. The fraction of sp³-hybridized carbons (Fsp3) is 0.786. The van der Waals surface area contributed by atoms with Crippen molar-refractivity contribution in [3.63, 3.8) is 0 Å². The number of hydrogen-bond acceptors (Lipinski definition) is 2. The van der Waals surface area contributed by atoms with Crippen LogP contribution in [0.1, 0.15) is 57.8 Å². The number of alkyl halides is 1. The molecule has 17 heavy (non-hydrogen) atoms. The van der Waals surface area contributed by atoms with Gasteiger partial charge < -0.3 is 4.74 Å². The Balaban J connectivity index is 2.13. The maximum absolute atomic E-state index is 11.6. The number of ether oxygens (including phenoxy) is 1. The van der Waals surface area contributed by atoms with Crippen LogP contribution in [0, 0.1) is 0 Å². The number of carbonyl (C=O) groups is 1. The van der Waals surface area contributed by atoms with E-state index in [0.717, 1.165) is 56.7 Å². The average Bonchev–Trinajstić information content (AvgIpc) is 2.28. The van der Waals surface area contributed by atoms with E-state index in [1.54, 1.807) is 0 Å². The van der Waals surface area contributed by atoms with Gasteiger partial charge in [0.2, 0.25) is 0 Å². The van der Waals surface area contributed by atoms with Crippen LogP contribution in [0.5, 0.6) is 0 Å². The Hall–Kier alpha value is -0.310. The van der Waals surface area contributed by atoms with Gasteiger partial charge in [0.05, 0.1) is 0 Å².